The fraction of sp³-hybridized carbons (Fsp3) is 0.625. The van der Waals surface area contributed by atoms with Gasteiger partial charge in [-0.2, -0.15) is 10.3 Å². The van der Waals surface area contributed by atoms with Gasteiger partial charge in [0.25, 0.3) is 0 Å². The minimum atomic E-state index is -0.430. The molecule has 0 bridgehead atoms. The Morgan fingerprint density at radius 2 is 2.43 bits per heavy atom. The van der Waals surface area contributed by atoms with Crippen LogP contribution in [0.15, 0.2) is 0 Å². The molecule has 6 nitrogen and oxygen atoms in total. The van der Waals surface area contributed by atoms with Crippen LogP contribution in [0.4, 0.5) is 0 Å². The summed E-state index contributed by atoms with van der Waals surface area (Å²) in [5.74, 6) is -0.163. The van der Waals surface area contributed by atoms with Crippen LogP contribution in [0.1, 0.15) is 28.5 Å². The van der Waals surface area contributed by atoms with Gasteiger partial charge >= 0.3 is 5.97 Å². The normalized spacial score (nSPS) is 21.1. The van der Waals surface area contributed by atoms with E-state index in [1.165, 1.54) is 7.11 Å². The van der Waals surface area contributed by atoms with Gasteiger partial charge in [0.1, 0.15) is 5.69 Å². The minimum absolute atomic E-state index is 0.267. The van der Waals surface area contributed by atoms with Crippen LogP contribution >= 0.6 is 0 Å². The lowest BCUT2D eigenvalue weighted by Gasteiger charge is -2.04. The Labute approximate surface area is 81.0 Å². The minimum Gasteiger partial charge on any atom is -0.464 e. The number of aromatic amines is 1. The maximum absolute atomic E-state index is 11.3. The summed E-state index contributed by atoms with van der Waals surface area (Å²) in [6.45, 7) is 1.80. The second kappa shape index (κ2) is 3.75. The lowest BCUT2D eigenvalue weighted by molar-refractivity contribution is 0.0592. The first kappa shape index (κ1) is 9.14. The number of carbonyl (C=O) groups excluding carboxylic acids is 1. The van der Waals surface area contributed by atoms with Gasteiger partial charge in [-0.05, 0) is 13.0 Å². The van der Waals surface area contributed by atoms with Crippen molar-refractivity contribution in [3.8, 4) is 0 Å². The second-order valence-electron chi connectivity index (χ2n) is 3.24. The van der Waals surface area contributed by atoms with Crippen LogP contribution in [0.5, 0.6) is 0 Å². The highest BCUT2D eigenvalue weighted by Gasteiger charge is 2.26. The molecule has 1 aliphatic heterocycles. The molecule has 1 unspecified atom stereocenters. The number of methoxy groups -OCH3 is 1. The number of esters is 1. The van der Waals surface area contributed by atoms with E-state index in [0.29, 0.717) is 11.4 Å². The number of rotatable bonds is 2. The number of H-pyrrole nitrogens is 1. The predicted molar refractivity (Wildman–Crippen MR) is 47.9 cm³/mol. The van der Waals surface area contributed by atoms with Gasteiger partial charge in [-0.25, -0.2) is 4.79 Å². The van der Waals surface area contributed by atoms with E-state index in [0.717, 1.165) is 19.5 Å². The number of ether oxygens (including phenoxy) is 1. The molecule has 76 valence electrons. The van der Waals surface area contributed by atoms with Crippen molar-refractivity contribution < 1.29 is 9.53 Å². The van der Waals surface area contributed by atoms with Crippen LogP contribution in [-0.4, -0.2) is 41.6 Å². The van der Waals surface area contributed by atoms with E-state index in [1.54, 1.807) is 0 Å². The van der Waals surface area contributed by atoms with Gasteiger partial charge in [0.05, 0.1) is 7.11 Å². The van der Waals surface area contributed by atoms with Gasteiger partial charge in [-0.1, -0.05) is 0 Å². The molecular weight excluding hydrogens is 184 g/mol. The van der Waals surface area contributed by atoms with Crippen LogP contribution in [0.2, 0.25) is 0 Å². The smallest absolute Gasteiger partial charge is 0.360 e. The first-order valence-electron chi connectivity index (χ1n) is 4.52. The van der Waals surface area contributed by atoms with Crippen LogP contribution in [0.3, 0.4) is 0 Å². The number of nitrogens with one attached hydrogen (secondary N) is 2. The molecule has 1 aromatic rings. The summed E-state index contributed by atoms with van der Waals surface area (Å²) in [7, 11) is 1.34. The van der Waals surface area contributed by atoms with E-state index in [9.17, 15) is 4.79 Å². The average molecular weight is 196 g/mol. The zero-order chi connectivity index (χ0) is 9.97. The third-order valence-electron chi connectivity index (χ3n) is 2.40. The first-order valence-corrected chi connectivity index (χ1v) is 4.52. The summed E-state index contributed by atoms with van der Waals surface area (Å²) >= 11 is 0. The van der Waals surface area contributed by atoms with Crippen molar-refractivity contribution in [1.82, 2.24) is 20.7 Å². The Morgan fingerprint density at radius 3 is 3.07 bits per heavy atom. The van der Waals surface area contributed by atoms with Crippen molar-refractivity contribution in [1.29, 1.82) is 0 Å². The van der Waals surface area contributed by atoms with Gasteiger partial charge < -0.3 is 10.1 Å². The third kappa shape index (κ3) is 1.48. The lowest BCUT2D eigenvalue weighted by atomic mass is 10.0. The number of carbonyl (C=O) groups is 1. The lowest BCUT2D eigenvalue weighted by Crippen LogP contribution is -2.12. The Balaban J connectivity index is 2.24. The Hall–Kier alpha value is -1.43. The van der Waals surface area contributed by atoms with Crippen molar-refractivity contribution in [2.45, 2.75) is 12.3 Å². The SMILES string of the molecule is COC(=O)c1n[nH]nc1C1CCNC1. The Bertz CT molecular complexity index is 330. The van der Waals surface area contributed by atoms with E-state index < -0.39 is 5.97 Å². The van der Waals surface area contributed by atoms with E-state index >= 15 is 0 Å². The topological polar surface area (TPSA) is 79.9 Å². The van der Waals surface area contributed by atoms with E-state index in [1.807, 2.05) is 0 Å². The molecule has 1 fully saturated rings. The third-order valence-corrected chi connectivity index (χ3v) is 2.40. The molecule has 6 heteroatoms. The van der Waals surface area contributed by atoms with Gasteiger partial charge in [-0.3, -0.25) is 0 Å². The van der Waals surface area contributed by atoms with Crippen LogP contribution in [0.25, 0.3) is 0 Å². The molecule has 0 radical (unpaired) electrons. The number of hydrogen-bond donors (Lipinski definition) is 2. The monoisotopic (exact) mass is 196 g/mol. The number of aromatic nitrogens is 3. The van der Waals surface area contributed by atoms with Gasteiger partial charge in [0.15, 0.2) is 5.69 Å². The van der Waals surface area contributed by atoms with Crippen molar-refractivity contribution in [2.75, 3.05) is 20.2 Å². The summed E-state index contributed by atoms with van der Waals surface area (Å²) in [5.41, 5.74) is 1.02. The fourth-order valence-electron chi connectivity index (χ4n) is 1.66. The molecule has 1 saturated heterocycles. The fourth-order valence-corrected chi connectivity index (χ4v) is 1.66. The molecule has 2 N–H and O–H groups in total. The van der Waals surface area contributed by atoms with Gasteiger partial charge in [0, 0.05) is 12.5 Å². The van der Waals surface area contributed by atoms with Gasteiger partial charge in [-0.15, -0.1) is 5.10 Å². The largest absolute Gasteiger partial charge is 0.464 e. The second-order valence-corrected chi connectivity index (χ2v) is 3.24. The molecule has 2 heterocycles. The Morgan fingerprint density at radius 1 is 1.57 bits per heavy atom. The highest BCUT2D eigenvalue weighted by Crippen LogP contribution is 2.22. The van der Waals surface area contributed by atoms with Crippen molar-refractivity contribution in [3.63, 3.8) is 0 Å². The molecule has 1 atom stereocenters. The van der Waals surface area contributed by atoms with Crippen molar-refractivity contribution in [3.05, 3.63) is 11.4 Å². The summed E-state index contributed by atoms with van der Waals surface area (Å²) in [6, 6.07) is 0. The van der Waals surface area contributed by atoms with Gasteiger partial charge in [0.2, 0.25) is 0 Å². The van der Waals surface area contributed by atoms with Crippen LogP contribution in [-0.2, 0) is 4.74 Å². The molecule has 0 aromatic carbocycles. The molecule has 0 saturated carbocycles. The standard InChI is InChI=1S/C8H12N4O2/c1-14-8(13)7-6(10-12-11-7)5-2-3-9-4-5/h5,9H,2-4H2,1H3,(H,10,11,12). The summed E-state index contributed by atoms with van der Waals surface area (Å²) in [5, 5.41) is 13.5. The van der Waals surface area contributed by atoms with E-state index in [4.69, 9.17) is 0 Å². The molecule has 1 aromatic heterocycles. The van der Waals surface area contributed by atoms with Crippen LogP contribution in [0, 0.1) is 0 Å². The predicted octanol–water partition coefficient (Wildman–Crippen LogP) is -0.332. The van der Waals surface area contributed by atoms with Crippen molar-refractivity contribution >= 4 is 5.97 Å². The highest BCUT2D eigenvalue weighted by atomic mass is 16.5. The summed E-state index contributed by atoms with van der Waals surface area (Å²) < 4.78 is 4.61. The first-order chi connectivity index (χ1) is 6.83. The van der Waals surface area contributed by atoms with E-state index in [-0.39, 0.29) is 5.92 Å². The molecule has 2 rings (SSSR count). The number of nitrogens with zero attached hydrogens (tertiary/aromatic N) is 2. The summed E-state index contributed by atoms with van der Waals surface area (Å²) in [4.78, 5) is 11.3. The van der Waals surface area contributed by atoms with Crippen molar-refractivity contribution in [2.24, 2.45) is 0 Å². The quantitative estimate of drug-likeness (QED) is 0.633. The maximum Gasteiger partial charge on any atom is 0.360 e. The molecule has 1 aliphatic rings. The van der Waals surface area contributed by atoms with Crippen LogP contribution < -0.4 is 5.32 Å². The molecule has 14 heavy (non-hydrogen) atoms. The maximum atomic E-state index is 11.3. The molecule has 0 aliphatic carbocycles. The zero-order valence-corrected chi connectivity index (χ0v) is 7.91. The molecule has 0 amide bonds. The summed E-state index contributed by atoms with van der Waals surface area (Å²) in [6.07, 6.45) is 0.983. The molecule has 0 spiro atoms. The Kier molecular flexibility index (Phi) is 2.45. The highest BCUT2D eigenvalue weighted by molar-refractivity contribution is 5.88. The van der Waals surface area contributed by atoms with E-state index in [2.05, 4.69) is 25.5 Å². The molecular formula is C8H12N4O2. The number of hydrogen-bond acceptors (Lipinski definition) is 5. The zero-order valence-electron chi connectivity index (χ0n) is 7.91. The average Bonchev–Trinajstić information content (AvgIpc) is 2.85.